The van der Waals surface area contributed by atoms with Crippen molar-refractivity contribution in [1.82, 2.24) is 14.9 Å². The Labute approximate surface area is 84.3 Å². The molecule has 0 aliphatic carbocycles. The summed E-state index contributed by atoms with van der Waals surface area (Å²) in [6.07, 6.45) is 2.28. The van der Waals surface area contributed by atoms with E-state index in [1.54, 1.807) is 6.33 Å². The van der Waals surface area contributed by atoms with Gasteiger partial charge in [-0.2, -0.15) is 0 Å². The van der Waals surface area contributed by atoms with Gasteiger partial charge >= 0.3 is 0 Å². The van der Waals surface area contributed by atoms with Gasteiger partial charge in [0.05, 0.1) is 12.0 Å². The van der Waals surface area contributed by atoms with Gasteiger partial charge in [-0.15, -0.1) is 0 Å². The van der Waals surface area contributed by atoms with E-state index in [1.807, 2.05) is 32.3 Å². The van der Waals surface area contributed by atoms with Crippen molar-refractivity contribution in [3.05, 3.63) is 17.7 Å². The third-order valence-electron chi connectivity index (χ3n) is 2.22. The van der Waals surface area contributed by atoms with E-state index in [0.29, 0.717) is 0 Å². The van der Waals surface area contributed by atoms with Crippen LogP contribution in [0.5, 0.6) is 0 Å². The summed E-state index contributed by atoms with van der Waals surface area (Å²) in [5, 5.41) is 3.15. The highest BCUT2D eigenvalue weighted by atomic mass is 16.1. The number of rotatable bonds is 4. The highest BCUT2D eigenvalue weighted by Gasteiger charge is 2.13. The molecule has 1 atom stereocenters. The maximum atomic E-state index is 10.9. The lowest BCUT2D eigenvalue weighted by atomic mass is 10.3. The third-order valence-corrected chi connectivity index (χ3v) is 2.22. The molecule has 1 rings (SSSR count). The smallest absolute Gasteiger partial charge is 0.157 e. The standard InChI is InChI=1S/C10H17N3O/c1-7(2)12-10(5-14)13-6-11-8(3)9(13)4/h5-7,10,12H,1-4H3. The molecule has 0 saturated carbocycles. The van der Waals surface area contributed by atoms with Crippen LogP contribution in [0.1, 0.15) is 31.4 Å². The van der Waals surface area contributed by atoms with E-state index < -0.39 is 0 Å². The topological polar surface area (TPSA) is 46.9 Å². The first kappa shape index (κ1) is 10.9. The second kappa shape index (κ2) is 4.37. The zero-order valence-corrected chi connectivity index (χ0v) is 9.11. The van der Waals surface area contributed by atoms with Crippen LogP contribution in [-0.2, 0) is 4.79 Å². The summed E-state index contributed by atoms with van der Waals surface area (Å²) in [4.78, 5) is 15.0. The number of carbonyl (C=O) groups excluding carboxylic acids is 1. The van der Waals surface area contributed by atoms with Crippen LogP contribution >= 0.6 is 0 Å². The molecule has 1 unspecified atom stereocenters. The maximum Gasteiger partial charge on any atom is 0.157 e. The summed E-state index contributed by atoms with van der Waals surface area (Å²) in [7, 11) is 0. The number of nitrogens with one attached hydrogen (secondary N) is 1. The first-order chi connectivity index (χ1) is 6.56. The Morgan fingerprint density at radius 1 is 1.50 bits per heavy atom. The van der Waals surface area contributed by atoms with Crippen LogP contribution in [0, 0.1) is 13.8 Å². The number of hydrogen-bond acceptors (Lipinski definition) is 3. The molecule has 1 heterocycles. The Bertz CT molecular complexity index is 317. The summed E-state index contributed by atoms with van der Waals surface area (Å²) >= 11 is 0. The lowest BCUT2D eigenvalue weighted by Gasteiger charge is -2.18. The van der Waals surface area contributed by atoms with E-state index in [4.69, 9.17) is 0 Å². The molecule has 14 heavy (non-hydrogen) atoms. The van der Waals surface area contributed by atoms with Crippen LogP contribution in [0.25, 0.3) is 0 Å². The Morgan fingerprint density at radius 2 is 2.14 bits per heavy atom. The second-order valence-electron chi connectivity index (χ2n) is 3.72. The Morgan fingerprint density at radius 3 is 2.50 bits per heavy atom. The first-order valence-electron chi connectivity index (χ1n) is 4.77. The zero-order chi connectivity index (χ0) is 10.7. The average Bonchev–Trinajstić information content (AvgIpc) is 2.44. The van der Waals surface area contributed by atoms with Crippen LogP contribution in [0.4, 0.5) is 0 Å². The SMILES string of the molecule is Cc1ncn(C(C=O)NC(C)C)c1C. The number of aromatic nitrogens is 2. The highest BCUT2D eigenvalue weighted by molar-refractivity contribution is 5.55. The molecular formula is C10H17N3O. The van der Waals surface area contributed by atoms with Gasteiger partial charge in [-0.05, 0) is 27.7 Å². The van der Waals surface area contributed by atoms with Gasteiger partial charge < -0.3 is 4.57 Å². The van der Waals surface area contributed by atoms with E-state index in [0.717, 1.165) is 17.7 Å². The van der Waals surface area contributed by atoms with Gasteiger partial charge in [-0.3, -0.25) is 10.1 Å². The molecule has 0 saturated heterocycles. The number of aldehydes is 1. The fraction of sp³-hybridized carbons (Fsp3) is 0.600. The summed E-state index contributed by atoms with van der Waals surface area (Å²) in [6.45, 7) is 7.91. The predicted molar refractivity (Wildman–Crippen MR) is 55.1 cm³/mol. The summed E-state index contributed by atoms with van der Waals surface area (Å²) in [5.74, 6) is 0. The fourth-order valence-corrected chi connectivity index (χ4v) is 1.32. The van der Waals surface area contributed by atoms with Crippen LogP contribution in [0.15, 0.2) is 6.33 Å². The van der Waals surface area contributed by atoms with Gasteiger partial charge in [-0.25, -0.2) is 4.98 Å². The summed E-state index contributed by atoms with van der Waals surface area (Å²) in [5.41, 5.74) is 1.98. The molecule has 4 nitrogen and oxygen atoms in total. The molecule has 0 amide bonds. The summed E-state index contributed by atoms with van der Waals surface area (Å²) in [6, 6.07) is 0.271. The van der Waals surface area contributed by atoms with Gasteiger partial charge in [0.1, 0.15) is 6.17 Å². The normalized spacial score (nSPS) is 13.2. The van der Waals surface area contributed by atoms with Crippen LogP contribution in [0.3, 0.4) is 0 Å². The van der Waals surface area contributed by atoms with Crippen molar-refractivity contribution in [2.75, 3.05) is 0 Å². The van der Waals surface area contributed by atoms with E-state index in [-0.39, 0.29) is 12.2 Å². The van der Waals surface area contributed by atoms with Crippen molar-refractivity contribution in [3.63, 3.8) is 0 Å². The van der Waals surface area contributed by atoms with Crippen molar-refractivity contribution >= 4 is 6.29 Å². The molecule has 0 aliphatic heterocycles. The van der Waals surface area contributed by atoms with Crippen LogP contribution in [-0.4, -0.2) is 21.9 Å². The molecule has 1 N–H and O–H groups in total. The lowest BCUT2D eigenvalue weighted by Crippen LogP contribution is -2.33. The van der Waals surface area contributed by atoms with Gasteiger partial charge in [0.15, 0.2) is 6.29 Å². The number of nitrogens with zero attached hydrogens (tertiary/aromatic N) is 2. The minimum atomic E-state index is -0.309. The molecule has 4 heteroatoms. The number of carbonyl (C=O) groups is 1. The predicted octanol–water partition coefficient (Wildman–Crippen LogP) is 1.20. The zero-order valence-electron chi connectivity index (χ0n) is 9.11. The largest absolute Gasteiger partial charge is 0.312 e. The molecule has 0 radical (unpaired) electrons. The van der Waals surface area contributed by atoms with E-state index in [2.05, 4.69) is 10.3 Å². The van der Waals surface area contributed by atoms with Crippen molar-refractivity contribution in [1.29, 1.82) is 0 Å². The Hall–Kier alpha value is -1.16. The van der Waals surface area contributed by atoms with Gasteiger partial charge in [0, 0.05) is 11.7 Å². The van der Waals surface area contributed by atoms with Crippen LogP contribution < -0.4 is 5.32 Å². The van der Waals surface area contributed by atoms with Crippen molar-refractivity contribution in [2.24, 2.45) is 0 Å². The number of imidazole rings is 1. The Balaban J connectivity index is 2.89. The summed E-state index contributed by atoms with van der Waals surface area (Å²) < 4.78 is 1.85. The molecule has 1 aromatic heterocycles. The van der Waals surface area contributed by atoms with Gasteiger partial charge in [0.25, 0.3) is 0 Å². The van der Waals surface area contributed by atoms with Gasteiger partial charge in [-0.1, -0.05) is 0 Å². The fourth-order valence-electron chi connectivity index (χ4n) is 1.32. The average molecular weight is 195 g/mol. The van der Waals surface area contributed by atoms with Gasteiger partial charge in [0.2, 0.25) is 0 Å². The third kappa shape index (κ3) is 2.20. The first-order valence-corrected chi connectivity index (χ1v) is 4.77. The van der Waals surface area contributed by atoms with Crippen LogP contribution in [0.2, 0.25) is 0 Å². The monoisotopic (exact) mass is 195 g/mol. The minimum Gasteiger partial charge on any atom is -0.312 e. The molecular weight excluding hydrogens is 178 g/mol. The molecule has 0 aromatic carbocycles. The molecule has 0 bridgehead atoms. The Kier molecular flexibility index (Phi) is 3.41. The van der Waals surface area contributed by atoms with E-state index in [1.165, 1.54) is 0 Å². The number of hydrogen-bond donors (Lipinski definition) is 1. The van der Waals surface area contributed by atoms with Crippen molar-refractivity contribution in [2.45, 2.75) is 39.9 Å². The highest BCUT2D eigenvalue weighted by Crippen LogP contribution is 2.09. The quantitative estimate of drug-likeness (QED) is 0.734. The lowest BCUT2D eigenvalue weighted by molar-refractivity contribution is -0.111. The second-order valence-corrected chi connectivity index (χ2v) is 3.72. The maximum absolute atomic E-state index is 10.9. The molecule has 0 aliphatic rings. The minimum absolute atomic E-state index is 0.271. The van der Waals surface area contributed by atoms with E-state index in [9.17, 15) is 4.79 Å². The molecule has 0 fully saturated rings. The number of aryl methyl sites for hydroxylation is 1. The van der Waals surface area contributed by atoms with E-state index >= 15 is 0 Å². The van der Waals surface area contributed by atoms with Crippen molar-refractivity contribution in [3.8, 4) is 0 Å². The molecule has 0 spiro atoms. The molecule has 78 valence electrons. The molecule has 1 aromatic rings. The van der Waals surface area contributed by atoms with Crippen molar-refractivity contribution < 1.29 is 4.79 Å².